The van der Waals surface area contributed by atoms with Gasteiger partial charge in [0.25, 0.3) is 0 Å². The Morgan fingerprint density at radius 1 is 0.463 bits per heavy atom. The van der Waals surface area contributed by atoms with Crippen molar-refractivity contribution in [1.82, 2.24) is 0 Å². The minimum atomic E-state index is 0.261. The van der Waals surface area contributed by atoms with E-state index >= 15 is 0 Å². The van der Waals surface area contributed by atoms with Crippen LogP contribution in [0.1, 0.15) is 22.3 Å². The Labute approximate surface area is 256 Å². The summed E-state index contributed by atoms with van der Waals surface area (Å²) in [7, 11) is 0. The normalized spacial score (nSPS) is 9.73. The first-order chi connectivity index (χ1) is 19.4. The number of rotatable bonds is 1. The Morgan fingerprint density at radius 3 is 1.54 bits per heavy atom. The van der Waals surface area contributed by atoms with E-state index in [1.807, 2.05) is 69.3 Å². The maximum atomic E-state index is 9.56. The van der Waals surface area contributed by atoms with Crippen LogP contribution < -0.4 is 0 Å². The van der Waals surface area contributed by atoms with E-state index in [2.05, 4.69) is 0 Å². The third-order valence-electron chi connectivity index (χ3n) is 5.71. The van der Waals surface area contributed by atoms with Crippen LogP contribution in [0.15, 0.2) is 103 Å². The first kappa shape index (κ1) is 33.4. The molecule has 0 fully saturated rings. The van der Waals surface area contributed by atoms with Gasteiger partial charge in [-0.3, -0.25) is 0 Å². The van der Waals surface area contributed by atoms with Gasteiger partial charge in [-0.2, -0.15) is 0 Å². The van der Waals surface area contributed by atoms with Crippen LogP contribution in [0.25, 0.3) is 11.1 Å². The summed E-state index contributed by atoms with van der Waals surface area (Å²) in [4.78, 5) is 0. The molecule has 0 saturated heterocycles. The van der Waals surface area contributed by atoms with E-state index < -0.39 is 0 Å². The van der Waals surface area contributed by atoms with Crippen LogP contribution in [0.5, 0.6) is 23.0 Å². The molecule has 5 rings (SSSR count). The van der Waals surface area contributed by atoms with E-state index in [1.54, 1.807) is 61.5 Å². The summed E-state index contributed by atoms with van der Waals surface area (Å²) in [5.74, 6) is 1.16. The Bertz CT molecular complexity index is 1480. The van der Waals surface area contributed by atoms with Gasteiger partial charge in [-0.1, -0.05) is 83.3 Å². The molecule has 0 atom stereocenters. The van der Waals surface area contributed by atoms with E-state index in [0.717, 1.165) is 38.4 Å². The van der Waals surface area contributed by atoms with E-state index in [1.165, 1.54) is 0 Å². The topological polar surface area (TPSA) is 80.9 Å². The highest BCUT2D eigenvalue weighted by atomic mass is 35.5. The molecule has 0 aromatic heterocycles. The van der Waals surface area contributed by atoms with Crippen LogP contribution in [-0.2, 0) is 0 Å². The molecule has 4 nitrogen and oxygen atoms in total. The predicted octanol–water partition coefficient (Wildman–Crippen LogP) is 10.4. The highest BCUT2D eigenvalue weighted by Crippen LogP contribution is 2.28. The van der Waals surface area contributed by atoms with Crippen LogP contribution in [-0.4, -0.2) is 20.4 Å². The molecule has 7 heteroatoms. The molecule has 5 aromatic rings. The van der Waals surface area contributed by atoms with Gasteiger partial charge in [-0.05, 0) is 110 Å². The molecule has 214 valence electrons. The maximum absolute atomic E-state index is 9.56. The van der Waals surface area contributed by atoms with Crippen LogP contribution in [0.2, 0.25) is 15.1 Å². The fraction of sp³-hybridized carbons (Fsp3) is 0.118. The fourth-order valence-corrected chi connectivity index (χ4v) is 3.96. The standard InChI is InChI=1S/C12H10O.C8H9ClO.2C7H7ClO/c13-12-9-5-4-8-11(12)10-6-2-1-3-7-10;1-5-3-7(10)4-6(2)8(5)9;1-5-4-6(9)2-3-7(5)8;1-5-4-6(8)2-3-7(5)9/h1-9,13H;3-4,10H,1-2H3;2*2-4,9H,1H3. The number of para-hydroxylation sites is 1. The molecule has 0 aliphatic rings. The zero-order valence-corrected chi connectivity index (χ0v) is 25.5. The summed E-state index contributed by atoms with van der Waals surface area (Å²) in [6.45, 7) is 7.40. The van der Waals surface area contributed by atoms with E-state index in [-0.39, 0.29) is 11.5 Å². The summed E-state index contributed by atoms with van der Waals surface area (Å²) in [6.07, 6.45) is 0. The van der Waals surface area contributed by atoms with E-state index in [4.69, 9.17) is 50.1 Å². The van der Waals surface area contributed by atoms with E-state index in [9.17, 15) is 5.11 Å². The van der Waals surface area contributed by atoms with Crippen molar-refractivity contribution in [2.75, 3.05) is 0 Å². The molecule has 5 aromatic carbocycles. The molecule has 0 amide bonds. The molecule has 0 unspecified atom stereocenters. The van der Waals surface area contributed by atoms with Gasteiger partial charge >= 0.3 is 0 Å². The van der Waals surface area contributed by atoms with Crippen LogP contribution in [0, 0.1) is 27.7 Å². The highest BCUT2D eigenvalue weighted by molar-refractivity contribution is 6.32. The lowest BCUT2D eigenvalue weighted by Crippen LogP contribution is -1.79. The zero-order valence-electron chi connectivity index (χ0n) is 23.2. The van der Waals surface area contributed by atoms with Crippen LogP contribution >= 0.6 is 34.8 Å². The average molecular weight is 612 g/mol. The Kier molecular flexibility index (Phi) is 13.4. The summed E-state index contributed by atoms with van der Waals surface area (Å²) in [5, 5.41) is 38.6. The van der Waals surface area contributed by atoms with Crippen LogP contribution in [0.4, 0.5) is 0 Å². The van der Waals surface area contributed by atoms with Crippen molar-refractivity contribution in [3.8, 4) is 34.1 Å². The largest absolute Gasteiger partial charge is 0.508 e. The Morgan fingerprint density at radius 2 is 1.02 bits per heavy atom. The Balaban J connectivity index is 0.000000194. The number of halogens is 3. The molecule has 0 aliphatic heterocycles. The molecular weight excluding hydrogens is 579 g/mol. The first-order valence-corrected chi connectivity index (χ1v) is 13.7. The van der Waals surface area contributed by atoms with Crippen molar-refractivity contribution in [3.05, 3.63) is 140 Å². The smallest absolute Gasteiger partial charge is 0.123 e. The second-order valence-corrected chi connectivity index (χ2v) is 10.4. The van der Waals surface area contributed by atoms with Crippen molar-refractivity contribution in [2.24, 2.45) is 0 Å². The predicted molar refractivity (Wildman–Crippen MR) is 172 cm³/mol. The van der Waals surface area contributed by atoms with Gasteiger partial charge < -0.3 is 20.4 Å². The Hall–Kier alpha value is -3.83. The molecular formula is C34H33Cl3O4. The van der Waals surface area contributed by atoms with Crippen molar-refractivity contribution in [1.29, 1.82) is 0 Å². The molecule has 0 aliphatic carbocycles. The quantitative estimate of drug-likeness (QED) is 0.152. The summed E-state index contributed by atoms with van der Waals surface area (Å²) in [5.41, 5.74) is 5.46. The number of aryl methyl sites for hydroxylation is 4. The summed E-state index contributed by atoms with van der Waals surface area (Å²) in [6, 6.07) is 30.3. The van der Waals surface area contributed by atoms with Gasteiger partial charge in [0.05, 0.1) is 0 Å². The zero-order chi connectivity index (χ0) is 30.5. The molecule has 41 heavy (non-hydrogen) atoms. The monoisotopic (exact) mass is 610 g/mol. The second-order valence-electron chi connectivity index (χ2n) is 9.14. The SMILES string of the molecule is Cc1cc(Cl)ccc1O.Cc1cc(O)cc(C)c1Cl.Cc1cc(O)ccc1Cl.Oc1ccccc1-c1ccccc1. The van der Waals surface area contributed by atoms with Gasteiger partial charge in [0.15, 0.2) is 0 Å². The molecule has 0 saturated carbocycles. The highest BCUT2D eigenvalue weighted by Gasteiger charge is 2.01. The van der Waals surface area contributed by atoms with Crippen molar-refractivity contribution < 1.29 is 20.4 Å². The lowest BCUT2D eigenvalue weighted by Gasteiger charge is -2.02. The van der Waals surface area contributed by atoms with Crippen molar-refractivity contribution >= 4 is 34.8 Å². The number of hydrogen-bond acceptors (Lipinski definition) is 4. The van der Waals surface area contributed by atoms with Gasteiger partial charge in [0.2, 0.25) is 0 Å². The van der Waals surface area contributed by atoms with Crippen molar-refractivity contribution in [2.45, 2.75) is 27.7 Å². The van der Waals surface area contributed by atoms with Crippen LogP contribution in [0.3, 0.4) is 0 Å². The molecule has 0 radical (unpaired) electrons. The number of benzene rings is 5. The van der Waals surface area contributed by atoms with Crippen molar-refractivity contribution in [3.63, 3.8) is 0 Å². The molecule has 0 bridgehead atoms. The minimum absolute atomic E-state index is 0.261. The minimum Gasteiger partial charge on any atom is -0.508 e. The summed E-state index contributed by atoms with van der Waals surface area (Å²) < 4.78 is 0. The third kappa shape index (κ3) is 11.3. The van der Waals surface area contributed by atoms with Gasteiger partial charge in [0.1, 0.15) is 23.0 Å². The fourth-order valence-electron chi connectivity index (χ4n) is 3.51. The molecule has 4 N–H and O–H groups in total. The second kappa shape index (κ2) is 16.4. The first-order valence-electron chi connectivity index (χ1n) is 12.6. The number of aromatic hydroxyl groups is 4. The maximum Gasteiger partial charge on any atom is 0.123 e. The van der Waals surface area contributed by atoms with E-state index in [0.29, 0.717) is 21.5 Å². The molecule has 0 heterocycles. The average Bonchev–Trinajstić information content (AvgIpc) is 2.94. The molecule has 0 spiro atoms. The number of phenols is 4. The summed E-state index contributed by atoms with van der Waals surface area (Å²) >= 11 is 17.1. The number of phenolic OH excluding ortho intramolecular Hbond substituents is 4. The van der Waals surface area contributed by atoms with Gasteiger partial charge in [-0.25, -0.2) is 0 Å². The van der Waals surface area contributed by atoms with Gasteiger partial charge in [0, 0.05) is 20.6 Å². The third-order valence-corrected chi connectivity index (χ3v) is 6.97. The lowest BCUT2D eigenvalue weighted by molar-refractivity contribution is 0.471. The van der Waals surface area contributed by atoms with Gasteiger partial charge in [-0.15, -0.1) is 0 Å². The number of hydrogen-bond donors (Lipinski definition) is 4. The lowest BCUT2D eigenvalue weighted by atomic mass is 10.1.